The van der Waals surface area contributed by atoms with Gasteiger partial charge in [-0.2, -0.15) is 0 Å². The van der Waals surface area contributed by atoms with E-state index in [4.69, 9.17) is 9.94 Å². The van der Waals surface area contributed by atoms with Crippen LogP contribution in [-0.4, -0.2) is 17.0 Å². The molecule has 1 fully saturated rings. The largest absolute Gasteiger partial charge is 0.490 e. The second-order valence-electron chi connectivity index (χ2n) is 5.85. The second-order valence-corrected chi connectivity index (χ2v) is 5.85. The van der Waals surface area contributed by atoms with Gasteiger partial charge in [-0.1, -0.05) is 24.6 Å². The van der Waals surface area contributed by atoms with Crippen molar-refractivity contribution in [3.63, 3.8) is 0 Å². The Morgan fingerprint density at radius 2 is 2.00 bits per heavy atom. The Morgan fingerprint density at radius 1 is 1.30 bits per heavy atom. The molecule has 0 atom stereocenters. The van der Waals surface area contributed by atoms with Crippen LogP contribution in [0.2, 0.25) is 0 Å². The highest BCUT2D eigenvalue weighted by Gasteiger charge is 2.22. The average Bonchev–Trinajstić information content (AvgIpc) is 2.47. The molecule has 1 N–H and O–H groups in total. The third-order valence-electron chi connectivity index (χ3n) is 4.34. The van der Waals surface area contributed by atoms with Crippen molar-refractivity contribution in [2.24, 2.45) is 11.1 Å². The van der Waals surface area contributed by atoms with Crippen LogP contribution in [0.4, 0.5) is 0 Å². The third kappa shape index (κ3) is 3.53. The summed E-state index contributed by atoms with van der Waals surface area (Å²) in [5, 5.41) is 12.3. The van der Waals surface area contributed by atoms with Crippen molar-refractivity contribution in [2.75, 3.05) is 0 Å². The number of benzene rings is 1. The van der Waals surface area contributed by atoms with Crippen LogP contribution in [-0.2, 0) is 0 Å². The standard InChI is InChI=1S/C17H25NO2/c1-4-14-6-8-15(9-7-14)20-17-11-12(2)5-10-16(17)13(3)18-19/h5,10-11,14-15,19H,4,6-9H2,1-3H3. The minimum Gasteiger partial charge on any atom is -0.490 e. The minimum absolute atomic E-state index is 0.296. The first-order chi connectivity index (χ1) is 9.63. The normalized spacial score (nSPS) is 23.6. The van der Waals surface area contributed by atoms with Gasteiger partial charge in [0.2, 0.25) is 0 Å². The van der Waals surface area contributed by atoms with Gasteiger partial charge in [-0.25, -0.2) is 0 Å². The van der Waals surface area contributed by atoms with Crippen LogP contribution in [0.3, 0.4) is 0 Å². The summed E-state index contributed by atoms with van der Waals surface area (Å²) in [6, 6.07) is 6.03. The molecular weight excluding hydrogens is 250 g/mol. The summed E-state index contributed by atoms with van der Waals surface area (Å²) in [5.41, 5.74) is 2.65. The highest BCUT2D eigenvalue weighted by molar-refractivity contribution is 6.00. The molecule has 0 amide bonds. The Kier molecular flexibility index (Phi) is 5.05. The van der Waals surface area contributed by atoms with Gasteiger partial charge < -0.3 is 9.94 Å². The van der Waals surface area contributed by atoms with E-state index in [-0.39, 0.29) is 0 Å². The molecule has 0 bridgehead atoms. The molecule has 110 valence electrons. The molecule has 0 saturated heterocycles. The predicted octanol–water partition coefficient (Wildman–Crippen LogP) is 4.54. The van der Waals surface area contributed by atoms with Gasteiger partial charge in [0.05, 0.1) is 11.8 Å². The van der Waals surface area contributed by atoms with Crippen LogP contribution in [0.5, 0.6) is 5.75 Å². The van der Waals surface area contributed by atoms with Gasteiger partial charge in [0.25, 0.3) is 0 Å². The number of hydrogen-bond donors (Lipinski definition) is 1. The molecule has 0 spiro atoms. The van der Waals surface area contributed by atoms with Crippen molar-refractivity contribution >= 4 is 5.71 Å². The minimum atomic E-state index is 0.296. The maximum Gasteiger partial charge on any atom is 0.129 e. The van der Waals surface area contributed by atoms with Crippen molar-refractivity contribution in [1.82, 2.24) is 0 Å². The molecule has 3 nitrogen and oxygen atoms in total. The lowest BCUT2D eigenvalue weighted by Crippen LogP contribution is -2.24. The molecule has 20 heavy (non-hydrogen) atoms. The average molecular weight is 275 g/mol. The molecule has 1 aliphatic carbocycles. The highest BCUT2D eigenvalue weighted by Crippen LogP contribution is 2.31. The van der Waals surface area contributed by atoms with E-state index in [0.29, 0.717) is 11.8 Å². The first-order valence-corrected chi connectivity index (χ1v) is 7.60. The zero-order valence-corrected chi connectivity index (χ0v) is 12.7. The summed E-state index contributed by atoms with van der Waals surface area (Å²) in [7, 11) is 0. The topological polar surface area (TPSA) is 41.8 Å². The summed E-state index contributed by atoms with van der Waals surface area (Å²) in [5.74, 6) is 1.72. The summed E-state index contributed by atoms with van der Waals surface area (Å²) < 4.78 is 6.19. The Bertz CT molecular complexity index is 474. The van der Waals surface area contributed by atoms with E-state index in [1.807, 2.05) is 18.2 Å². The maximum absolute atomic E-state index is 8.99. The first-order valence-electron chi connectivity index (χ1n) is 7.60. The van der Waals surface area contributed by atoms with E-state index in [1.165, 1.54) is 19.3 Å². The fourth-order valence-electron chi connectivity index (χ4n) is 2.92. The van der Waals surface area contributed by atoms with Crippen molar-refractivity contribution in [1.29, 1.82) is 0 Å². The van der Waals surface area contributed by atoms with Gasteiger partial charge in [0, 0.05) is 5.56 Å². The molecule has 0 aromatic heterocycles. The molecule has 0 radical (unpaired) electrons. The van der Waals surface area contributed by atoms with E-state index in [2.05, 4.69) is 19.0 Å². The van der Waals surface area contributed by atoms with Crippen molar-refractivity contribution in [3.05, 3.63) is 29.3 Å². The fraction of sp³-hybridized carbons (Fsp3) is 0.588. The van der Waals surface area contributed by atoms with Crippen LogP contribution >= 0.6 is 0 Å². The zero-order valence-electron chi connectivity index (χ0n) is 12.7. The van der Waals surface area contributed by atoms with Crippen LogP contribution < -0.4 is 4.74 Å². The number of rotatable bonds is 4. The summed E-state index contributed by atoms with van der Waals surface area (Å²) in [4.78, 5) is 0. The van der Waals surface area contributed by atoms with E-state index in [9.17, 15) is 0 Å². The third-order valence-corrected chi connectivity index (χ3v) is 4.34. The van der Waals surface area contributed by atoms with Gasteiger partial charge in [-0.05, 0) is 63.1 Å². The van der Waals surface area contributed by atoms with Gasteiger partial charge in [0.15, 0.2) is 0 Å². The van der Waals surface area contributed by atoms with Gasteiger partial charge in [-0.3, -0.25) is 0 Å². The Labute approximate surface area is 121 Å². The molecule has 1 aromatic carbocycles. The van der Waals surface area contributed by atoms with Crippen LogP contribution in [0.1, 0.15) is 57.1 Å². The fourth-order valence-corrected chi connectivity index (χ4v) is 2.92. The smallest absolute Gasteiger partial charge is 0.129 e. The quantitative estimate of drug-likeness (QED) is 0.498. The summed E-state index contributed by atoms with van der Waals surface area (Å²) in [6.45, 7) is 6.12. The van der Waals surface area contributed by atoms with Crippen LogP contribution in [0.15, 0.2) is 23.4 Å². The van der Waals surface area contributed by atoms with Crippen molar-refractivity contribution in [3.8, 4) is 5.75 Å². The molecule has 1 aliphatic rings. The first kappa shape index (κ1) is 14.9. The summed E-state index contributed by atoms with van der Waals surface area (Å²) in [6.07, 6.45) is 6.34. The Balaban J connectivity index is 2.11. The Hall–Kier alpha value is -1.51. The van der Waals surface area contributed by atoms with Gasteiger partial charge >= 0.3 is 0 Å². The molecule has 1 saturated carbocycles. The van der Waals surface area contributed by atoms with Crippen LogP contribution in [0.25, 0.3) is 0 Å². The lowest BCUT2D eigenvalue weighted by atomic mass is 9.86. The van der Waals surface area contributed by atoms with Gasteiger partial charge in [0.1, 0.15) is 5.75 Å². The predicted molar refractivity (Wildman–Crippen MR) is 81.8 cm³/mol. The molecule has 1 aromatic rings. The number of ether oxygens (including phenoxy) is 1. The van der Waals surface area contributed by atoms with E-state index in [0.717, 1.165) is 35.6 Å². The molecule has 0 unspecified atom stereocenters. The lowest BCUT2D eigenvalue weighted by molar-refractivity contribution is 0.129. The zero-order chi connectivity index (χ0) is 14.5. The maximum atomic E-state index is 8.99. The molecular formula is C17H25NO2. The van der Waals surface area contributed by atoms with Gasteiger partial charge in [-0.15, -0.1) is 0 Å². The van der Waals surface area contributed by atoms with E-state index >= 15 is 0 Å². The Morgan fingerprint density at radius 3 is 2.60 bits per heavy atom. The van der Waals surface area contributed by atoms with E-state index in [1.54, 1.807) is 6.92 Å². The number of nitrogens with zero attached hydrogens (tertiary/aromatic N) is 1. The van der Waals surface area contributed by atoms with E-state index < -0.39 is 0 Å². The summed E-state index contributed by atoms with van der Waals surface area (Å²) >= 11 is 0. The highest BCUT2D eigenvalue weighted by atomic mass is 16.5. The second kappa shape index (κ2) is 6.78. The van der Waals surface area contributed by atoms with Crippen LogP contribution in [0, 0.1) is 12.8 Å². The monoisotopic (exact) mass is 275 g/mol. The number of hydrogen-bond acceptors (Lipinski definition) is 3. The number of oxime groups is 1. The molecule has 3 heteroatoms. The molecule has 0 heterocycles. The van der Waals surface area contributed by atoms with Crippen molar-refractivity contribution < 1.29 is 9.94 Å². The SMILES string of the molecule is CCC1CCC(Oc2cc(C)ccc2C(C)=NO)CC1. The lowest BCUT2D eigenvalue weighted by Gasteiger charge is -2.29. The number of aryl methyl sites for hydroxylation is 1. The molecule has 2 rings (SSSR count). The van der Waals surface area contributed by atoms with Crippen molar-refractivity contribution in [2.45, 2.75) is 59.0 Å². The molecule has 0 aliphatic heterocycles.